The fraction of sp³-hybridized carbons (Fsp3) is 0.321. The van der Waals surface area contributed by atoms with E-state index in [1.54, 1.807) is 38.3 Å². The van der Waals surface area contributed by atoms with Crippen LogP contribution in [0.3, 0.4) is 0 Å². The number of hydrogen-bond acceptors (Lipinski definition) is 10. The quantitative estimate of drug-likeness (QED) is 0.176. The third-order valence-corrected chi connectivity index (χ3v) is 6.97. The molecule has 216 valence electrons. The van der Waals surface area contributed by atoms with Crippen LogP contribution >= 0.6 is 11.3 Å². The van der Waals surface area contributed by atoms with Crippen LogP contribution < -0.4 is 15.4 Å². The van der Waals surface area contributed by atoms with Gasteiger partial charge in [0.1, 0.15) is 24.4 Å². The van der Waals surface area contributed by atoms with Gasteiger partial charge in [0.25, 0.3) is 11.8 Å². The standard InChI is InChI=1S/C28H30N4O8S/c1-17(40-15-18-7-5-4-6-8-18)23(24(33)31-27-29-21(16-41-27)26(35)38-3)32-25(34)22(30-28(32)36)19-9-11-20(12-10-19)39-14-13-37-2/h4-12,16-17,22-23H,13-15H2,1-3H3,(H,30,36)(H,29,31,33)/t17-,22-,23?/m1/s1. The molecule has 3 aromatic rings. The number of amides is 4. The molecule has 0 spiro atoms. The van der Waals surface area contributed by atoms with E-state index in [4.69, 9.17) is 14.2 Å². The largest absolute Gasteiger partial charge is 0.491 e. The smallest absolute Gasteiger partial charge is 0.357 e. The van der Waals surface area contributed by atoms with Gasteiger partial charge in [0, 0.05) is 12.5 Å². The lowest BCUT2D eigenvalue weighted by atomic mass is 10.1. The maximum absolute atomic E-state index is 13.6. The first kappa shape index (κ1) is 29.6. The molecule has 41 heavy (non-hydrogen) atoms. The van der Waals surface area contributed by atoms with Crippen molar-refractivity contribution in [2.24, 2.45) is 0 Å². The Bertz CT molecular complexity index is 1360. The molecule has 1 aliphatic heterocycles. The van der Waals surface area contributed by atoms with Gasteiger partial charge in [-0.15, -0.1) is 11.3 Å². The number of rotatable bonds is 13. The number of carbonyl (C=O) groups is 4. The van der Waals surface area contributed by atoms with Gasteiger partial charge in [-0.3, -0.25) is 9.59 Å². The first-order chi connectivity index (χ1) is 19.8. The number of nitrogens with zero attached hydrogens (tertiary/aromatic N) is 2. The van der Waals surface area contributed by atoms with Gasteiger partial charge in [0.05, 0.1) is 26.4 Å². The molecule has 1 aliphatic rings. The maximum Gasteiger partial charge on any atom is 0.357 e. The van der Waals surface area contributed by atoms with Crippen LogP contribution in [0.4, 0.5) is 9.93 Å². The molecule has 0 bridgehead atoms. The number of hydrogen-bond donors (Lipinski definition) is 2. The number of aromatic nitrogens is 1. The lowest BCUT2D eigenvalue weighted by molar-refractivity contribution is -0.139. The van der Waals surface area contributed by atoms with E-state index in [-0.39, 0.29) is 17.4 Å². The highest BCUT2D eigenvalue weighted by molar-refractivity contribution is 7.14. The van der Waals surface area contributed by atoms with E-state index in [1.807, 2.05) is 30.3 Å². The van der Waals surface area contributed by atoms with Crippen molar-refractivity contribution < 1.29 is 38.1 Å². The molecular formula is C28H30N4O8S. The summed E-state index contributed by atoms with van der Waals surface area (Å²) in [6, 6.07) is 12.9. The van der Waals surface area contributed by atoms with Crippen LogP contribution in [0.25, 0.3) is 0 Å². The highest BCUT2D eigenvalue weighted by atomic mass is 32.1. The number of nitrogens with one attached hydrogen (secondary N) is 2. The summed E-state index contributed by atoms with van der Waals surface area (Å²) in [4.78, 5) is 57.1. The number of benzene rings is 2. The summed E-state index contributed by atoms with van der Waals surface area (Å²) < 4.78 is 21.2. The average molecular weight is 583 g/mol. The normalized spacial score (nSPS) is 16.2. The third kappa shape index (κ3) is 7.25. The van der Waals surface area contributed by atoms with Gasteiger partial charge >= 0.3 is 12.0 Å². The molecule has 2 N–H and O–H groups in total. The summed E-state index contributed by atoms with van der Waals surface area (Å²) in [5, 5.41) is 6.80. The Hall–Kier alpha value is -4.33. The van der Waals surface area contributed by atoms with Gasteiger partial charge in [-0.2, -0.15) is 0 Å². The van der Waals surface area contributed by atoms with Crippen molar-refractivity contribution in [1.82, 2.24) is 15.2 Å². The van der Waals surface area contributed by atoms with Gasteiger partial charge in [-0.25, -0.2) is 19.5 Å². The number of thiazole rings is 1. The van der Waals surface area contributed by atoms with E-state index >= 15 is 0 Å². The van der Waals surface area contributed by atoms with Crippen molar-refractivity contribution in [3.05, 3.63) is 76.8 Å². The summed E-state index contributed by atoms with van der Waals surface area (Å²) in [6.07, 6.45) is -0.903. The lowest BCUT2D eigenvalue weighted by Gasteiger charge is -2.29. The van der Waals surface area contributed by atoms with Crippen LogP contribution in [0.15, 0.2) is 60.0 Å². The Labute approximate surface area is 240 Å². The molecule has 0 aliphatic carbocycles. The predicted molar refractivity (Wildman–Crippen MR) is 148 cm³/mol. The molecule has 1 unspecified atom stereocenters. The Kier molecular flexibility index (Phi) is 10.0. The van der Waals surface area contributed by atoms with Crippen LogP contribution in [-0.2, 0) is 30.4 Å². The second-order valence-corrected chi connectivity index (χ2v) is 9.82. The Morgan fingerprint density at radius 1 is 1.07 bits per heavy atom. The molecule has 12 nitrogen and oxygen atoms in total. The summed E-state index contributed by atoms with van der Waals surface area (Å²) in [6.45, 7) is 2.54. The van der Waals surface area contributed by atoms with Crippen molar-refractivity contribution >= 4 is 40.3 Å². The van der Waals surface area contributed by atoms with Crippen molar-refractivity contribution in [1.29, 1.82) is 0 Å². The Balaban J connectivity index is 1.55. The van der Waals surface area contributed by atoms with E-state index in [2.05, 4.69) is 20.4 Å². The molecule has 4 rings (SSSR count). The van der Waals surface area contributed by atoms with Crippen molar-refractivity contribution in [2.75, 3.05) is 32.8 Å². The molecule has 2 heterocycles. The summed E-state index contributed by atoms with van der Waals surface area (Å²) in [7, 11) is 2.79. The van der Waals surface area contributed by atoms with Crippen LogP contribution in [0.1, 0.15) is 34.6 Å². The maximum atomic E-state index is 13.6. The fourth-order valence-electron chi connectivity index (χ4n) is 4.12. The summed E-state index contributed by atoms with van der Waals surface area (Å²) >= 11 is 1.00. The van der Waals surface area contributed by atoms with E-state index in [9.17, 15) is 19.2 Å². The number of anilines is 1. The van der Waals surface area contributed by atoms with Gasteiger partial charge < -0.3 is 29.6 Å². The van der Waals surface area contributed by atoms with Crippen molar-refractivity contribution in [3.8, 4) is 5.75 Å². The molecule has 1 saturated heterocycles. The number of methoxy groups -OCH3 is 2. The Morgan fingerprint density at radius 2 is 1.80 bits per heavy atom. The van der Waals surface area contributed by atoms with Gasteiger partial charge in [-0.05, 0) is 30.2 Å². The van der Waals surface area contributed by atoms with Crippen LogP contribution in [0.5, 0.6) is 5.75 Å². The second kappa shape index (κ2) is 13.8. The Morgan fingerprint density at radius 3 is 2.49 bits per heavy atom. The topological polar surface area (TPSA) is 145 Å². The lowest BCUT2D eigenvalue weighted by Crippen LogP contribution is -2.53. The zero-order chi connectivity index (χ0) is 29.4. The predicted octanol–water partition coefficient (Wildman–Crippen LogP) is 3.16. The fourth-order valence-corrected chi connectivity index (χ4v) is 4.81. The number of esters is 1. The van der Waals surface area contributed by atoms with Gasteiger partial charge in [-0.1, -0.05) is 42.5 Å². The van der Waals surface area contributed by atoms with E-state index in [0.717, 1.165) is 21.8 Å². The minimum Gasteiger partial charge on any atom is -0.491 e. The average Bonchev–Trinajstić information content (AvgIpc) is 3.57. The van der Waals surface area contributed by atoms with Gasteiger partial charge in [0.15, 0.2) is 10.8 Å². The van der Waals surface area contributed by atoms with E-state index in [1.165, 1.54) is 12.5 Å². The molecule has 0 saturated carbocycles. The van der Waals surface area contributed by atoms with E-state index < -0.39 is 42.0 Å². The molecule has 2 aromatic carbocycles. The van der Waals surface area contributed by atoms with Crippen LogP contribution in [0, 0.1) is 0 Å². The van der Waals surface area contributed by atoms with E-state index in [0.29, 0.717) is 24.5 Å². The number of urea groups is 1. The third-order valence-electron chi connectivity index (χ3n) is 6.22. The highest BCUT2D eigenvalue weighted by Gasteiger charge is 2.47. The number of imide groups is 1. The summed E-state index contributed by atoms with van der Waals surface area (Å²) in [5.74, 6) is -1.41. The zero-order valence-electron chi connectivity index (χ0n) is 22.7. The minimum atomic E-state index is -1.35. The molecular weight excluding hydrogens is 552 g/mol. The molecule has 1 aromatic heterocycles. The highest BCUT2D eigenvalue weighted by Crippen LogP contribution is 2.28. The first-order valence-corrected chi connectivity index (χ1v) is 13.6. The molecule has 4 amide bonds. The SMILES string of the molecule is COCCOc1ccc([C@H]2NC(=O)N(C(C(=O)Nc3nc(C(=O)OC)cs3)[C@@H](C)OCc3ccccc3)C2=O)cc1. The number of carbonyl (C=O) groups excluding carboxylic acids is 4. The zero-order valence-corrected chi connectivity index (χ0v) is 23.5. The second-order valence-electron chi connectivity index (χ2n) is 8.97. The van der Waals surface area contributed by atoms with Crippen molar-refractivity contribution in [2.45, 2.75) is 31.7 Å². The first-order valence-electron chi connectivity index (χ1n) is 12.7. The molecule has 1 fully saturated rings. The van der Waals surface area contributed by atoms with Gasteiger partial charge in [0.2, 0.25) is 0 Å². The summed E-state index contributed by atoms with van der Waals surface area (Å²) in [5.41, 5.74) is 1.39. The van der Waals surface area contributed by atoms with Crippen LogP contribution in [-0.4, -0.2) is 73.3 Å². The molecule has 13 heteroatoms. The van der Waals surface area contributed by atoms with Crippen LogP contribution in [0.2, 0.25) is 0 Å². The van der Waals surface area contributed by atoms with Crippen molar-refractivity contribution in [3.63, 3.8) is 0 Å². The molecule has 0 radical (unpaired) electrons. The number of ether oxygens (including phenoxy) is 4. The minimum absolute atomic E-state index is 0.0161. The molecule has 3 atom stereocenters. The monoisotopic (exact) mass is 582 g/mol.